The number of nitrogens with two attached hydrogens (primary N) is 1. The molecule has 0 fully saturated rings. The number of hydrogen-bond acceptors (Lipinski definition) is 4. The van der Waals surface area contributed by atoms with Crippen molar-refractivity contribution < 1.29 is 14.3 Å². The number of fused-ring (bicyclic) bond motifs is 1. The third kappa shape index (κ3) is 3.97. The van der Waals surface area contributed by atoms with Gasteiger partial charge in [0.05, 0.1) is 29.5 Å². The Labute approximate surface area is 154 Å². The molecule has 25 heavy (non-hydrogen) atoms. The number of amides is 2. The summed E-state index contributed by atoms with van der Waals surface area (Å²) in [5, 5.41) is 3.57. The van der Waals surface area contributed by atoms with Gasteiger partial charge in [0.1, 0.15) is 5.75 Å². The molecule has 8 heteroatoms. The van der Waals surface area contributed by atoms with E-state index in [1.807, 2.05) is 12.1 Å². The first-order chi connectivity index (χ1) is 11.9. The Morgan fingerprint density at radius 2 is 2.00 bits per heavy atom. The first-order valence-corrected chi connectivity index (χ1v) is 8.24. The van der Waals surface area contributed by atoms with Crippen LogP contribution in [0.3, 0.4) is 0 Å². The molecule has 3 N–H and O–H groups in total. The van der Waals surface area contributed by atoms with Crippen LogP contribution < -0.4 is 20.7 Å². The van der Waals surface area contributed by atoms with Gasteiger partial charge in [0, 0.05) is 5.02 Å². The maximum Gasteiger partial charge on any atom is 0.260 e. The lowest BCUT2D eigenvalue weighted by Crippen LogP contribution is -2.49. The molecule has 2 aromatic rings. The molecule has 1 aliphatic rings. The molecule has 0 saturated carbocycles. The molecule has 0 unspecified atom stereocenters. The molecule has 0 bridgehead atoms. The van der Waals surface area contributed by atoms with E-state index in [9.17, 15) is 9.59 Å². The largest absolute Gasteiger partial charge is 0.477 e. The number of benzene rings is 2. The summed E-state index contributed by atoms with van der Waals surface area (Å²) in [6.45, 7) is 0.191. The average Bonchev–Trinajstić information content (AvgIpc) is 2.58. The van der Waals surface area contributed by atoms with Crippen LogP contribution in [0, 0.1) is 0 Å². The Balaban J connectivity index is 1.78. The summed E-state index contributed by atoms with van der Waals surface area (Å²) >= 11 is 12.0. The Kier molecular flexibility index (Phi) is 5.01. The van der Waals surface area contributed by atoms with Gasteiger partial charge >= 0.3 is 0 Å². The molecule has 1 heterocycles. The van der Waals surface area contributed by atoms with E-state index in [1.165, 1.54) is 0 Å². The smallest absolute Gasteiger partial charge is 0.260 e. The summed E-state index contributed by atoms with van der Waals surface area (Å²) in [6.07, 6.45) is -0.822. The number of nitrogens with zero attached hydrogens (tertiary/aromatic N) is 1. The summed E-state index contributed by atoms with van der Waals surface area (Å²) in [4.78, 5) is 25.7. The van der Waals surface area contributed by atoms with Crippen molar-refractivity contribution in [2.75, 3.05) is 23.3 Å². The Morgan fingerprint density at radius 1 is 1.24 bits per heavy atom. The van der Waals surface area contributed by atoms with Gasteiger partial charge in [-0.25, -0.2) is 0 Å². The van der Waals surface area contributed by atoms with E-state index in [-0.39, 0.29) is 19.0 Å². The second-order valence-electron chi connectivity index (χ2n) is 5.53. The molecule has 2 aromatic carbocycles. The zero-order valence-corrected chi connectivity index (χ0v) is 14.6. The fraction of sp³-hybridized carbons (Fsp3) is 0.176. The molecule has 3 rings (SSSR count). The normalized spacial score (nSPS) is 15.9. The molecule has 6 nitrogen and oxygen atoms in total. The van der Waals surface area contributed by atoms with Crippen LogP contribution in [0.2, 0.25) is 10.0 Å². The van der Waals surface area contributed by atoms with Crippen LogP contribution in [0.25, 0.3) is 0 Å². The molecule has 1 aliphatic heterocycles. The molecule has 0 radical (unpaired) electrons. The van der Waals surface area contributed by atoms with E-state index in [0.29, 0.717) is 27.2 Å². The zero-order valence-electron chi connectivity index (χ0n) is 13.0. The lowest BCUT2D eigenvalue weighted by molar-refractivity contribution is -0.125. The van der Waals surface area contributed by atoms with Gasteiger partial charge in [-0.15, -0.1) is 0 Å². The molecule has 1 atom stereocenters. The lowest BCUT2D eigenvalue weighted by Gasteiger charge is -2.34. The minimum atomic E-state index is -0.822. The van der Waals surface area contributed by atoms with Crippen molar-refractivity contribution in [3.8, 4) is 5.75 Å². The van der Waals surface area contributed by atoms with Gasteiger partial charge in [-0.05, 0) is 30.3 Å². The van der Waals surface area contributed by atoms with E-state index < -0.39 is 12.0 Å². The van der Waals surface area contributed by atoms with Crippen molar-refractivity contribution in [1.82, 2.24) is 0 Å². The number of nitrogens with one attached hydrogen (secondary N) is 1. The minimum absolute atomic E-state index is 0.00694. The SMILES string of the molecule is NC(=O)[C@@H]1CN(CC(=O)Nc2cc(Cl)ccc2Cl)c2ccccc2O1. The van der Waals surface area contributed by atoms with E-state index in [4.69, 9.17) is 33.7 Å². The second-order valence-corrected chi connectivity index (χ2v) is 6.37. The predicted molar refractivity (Wildman–Crippen MR) is 97.4 cm³/mol. The lowest BCUT2D eigenvalue weighted by atomic mass is 10.1. The fourth-order valence-corrected chi connectivity index (χ4v) is 2.90. The number of ether oxygens (including phenoxy) is 1. The first kappa shape index (κ1) is 17.4. The maximum absolute atomic E-state index is 12.4. The van der Waals surface area contributed by atoms with Gasteiger partial charge in [0.15, 0.2) is 6.10 Å². The van der Waals surface area contributed by atoms with Crippen LogP contribution in [0.15, 0.2) is 42.5 Å². The quantitative estimate of drug-likeness (QED) is 0.854. The molecule has 0 aliphatic carbocycles. The third-order valence-corrected chi connectivity index (χ3v) is 4.28. The topological polar surface area (TPSA) is 84.7 Å². The number of para-hydroxylation sites is 2. The highest BCUT2D eigenvalue weighted by Crippen LogP contribution is 2.33. The highest BCUT2D eigenvalue weighted by atomic mass is 35.5. The van der Waals surface area contributed by atoms with Crippen LogP contribution in [-0.4, -0.2) is 31.0 Å². The number of carbonyl (C=O) groups is 2. The van der Waals surface area contributed by atoms with E-state index in [1.54, 1.807) is 35.2 Å². The number of primary amides is 1. The van der Waals surface area contributed by atoms with E-state index >= 15 is 0 Å². The van der Waals surface area contributed by atoms with Crippen molar-refractivity contribution in [2.24, 2.45) is 5.73 Å². The van der Waals surface area contributed by atoms with E-state index in [0.717, 1.165) is 0 Å². The Hall–Kier alpha value is -2.44. The van der Waals surface area contributed by atoms with Crippen molar-refractivity contribution in [3.05, 3.63) is 52.5 Å². The number of anilines is 2. The molecule has 130 valence electrons. The fourth-order valence-electron chi connectivity index (χ4n) is 2.56. The highest BCUT2D eigenvalue weighted by Gasteiger charge is 2.30. The Morgan fingerprint density at radius 3 is 2.76 bits per heavy atom. The van der Waals surface area contributed by atoms with Gasteiger partial charge < -0.3 is 20.7 Å². The van der Waals surface area contributed by atoms with Crippen molar-refractivity contribution in [1.29, 1.82) is 0 Å². The number of halogens is 2. The van der Waals surface area contributed by atoms with Crippen LogP contribution >= 0.6 is 23.2 Å². The average molecular weight is 380 g/mol. The molecular formula is C17H15Cl2N3O3. The highest BCUT2D eigenvalue weighted by molar-refractivity contribution is 6.35. The predicted octanol–water partition coefficient (Wildman–Crippen LogP) is 2.68. The summed E-state index contributed by atoms with van der Waals surface area (Å²) in [7, 11) is 0. The van der Waals surface area contributed by atoms with Gasteiger partial charge in [-0.2, -0.15) is 0 Å². The number of carbonyl (C=O) groups excluding carboxylic acids is 2. The summed E-state index contributed by atoms with van der Waals surface area (Å²) in [5.41, 5.74) is 6.49. The van der Waals surface area contributed by atoms with Gasteiger partial charge in [0.2, 0.25) is 5.91 Å². The van der Waals surface area contributed by atoms with E-state index in [2.05, 4.69) is 5.32 Å². The Bertz CT molecular complexity index is 829. The molecule has 2 amide bonds. The maximum atomic E-state index is 12.4. The standard InChI is InChI=1S/C17H15Cl2N3O3/c18-10-5-6-11(19)12(7-10)21-16(23)9-22-8-15(17(20)24)25-14-4-2-1-3-13(14)22/h1-7,15H,8-9H2,(H2,20,24)(H,21,23)/t15-/m0/s1. The minimum Gasteiger partial charge on any atom is -0.477 e. The van der Waals surface area contributed by atoms with Crippen LogP contribution in [0.5, 0.6) is 5.75 Å². The molecule has 0 saturated heterocycles. The van der Waals surface area contributed by atoms with Gasteiger partial charge in [-0.3, -0.25) is 9.59 Å². The van der Waals surface area contributed by atoms with Crippen LogP contribution in [0.1, 0.15) is 0 Å². The number of rotatable bonds is 4. The molecule has 0 aromatic heterocycles. The van der Waals surface area contributed by atoms with Crippen molar-refractivity contribution in [3.63, 3.8) is 0 Å². The summed E-state index contributed by atoms with van der Waals surface area (Å²) in [5.74, 6) is -0.381. The van der Waals surface area contributed by atoms with Crippen molar-refractivity contribution >= 4 is 46.4 Å². The van der Waals surface area contributed by atoms with Crippen LogP contribution in [0.4, 0.5) is 11.4 Å². The summed E-state index contributed by atoms with van der Waals surface area (Å²) in [6, 6.07) is 12.0. The summed E-state index contributed by atoms with van der Waals surface area (Å²) < 4.78 is 5.57. The van der Waals surface area contributed by atoms with Gasteiger partial charge in [0.25, 0.3) is 5.91 Å². The second kappa shape index (κ2) is 7.21. The number of hydrogen-bond donors (Lipinski definition) is 2. The van der Waals surface area contributed by atoms with Crippen LogP contribution in [-0.2, 0) is 9.59 Å². The molecular weight excluding hydrogens is 365 g/mol. The van der Waals surface area contributed by atoms with Crippen molar-refractivity contribution in [2.45, 2.75) is 6.10 Å². The van der Waals surface area contributed by atoms with Gasteiger partial charge in [-0.1, -0.05) is 35.3 Å². The third-order valence-electron chi connectivity index (χ3n) is 3.72. The first-order valence-electron chi connectivity index (χ1n) is 7.49. The monoisotopic (exact) mass is 379 g/mol. The molecule has 0 spiro atoms. The zero-order chi connectivity index (χ0) is 18.0.